The van der Waals surface area contributed by atoms with E-state index in [1.807, 2.05) is 19.1 Å². The summed E-state index contributed by atoms with van der Waals surface area (Å²) in [6.45, 7) is 3.29. The van der Waals surface area contributed by atoms with Crippen molar-refractivity contribution in [2.24, 2.45) is 5.10 Å². The van der Waals surface area contributed by atoms with E-state index in [4.69, 9.17) is 4.74 Å². The van der Waals surface area contributed by atoms with Gasteiger partial charge in [-0.2, -0.15) is 5.10 Å². The van der Waals surface area contributed by atoms with Crippen LogP contribution in [-0.4, -0.2) is 60.6 Å². The molecule has 29 heavy (non-hydrogen) atoms. The standard InChI is InChI=1S/C19H23N3O6S/c1-12-5-3-4-6-15(12)20-18(24)13(2)28-19(25)16-7-8-17(23)22(21-16)14-9-10-29(26,27)11-14/h3-6,13-14H,7-11H2,1-2H3,(H,20,24)/t13-,14-/m1/s1. The highest BCUT2D eigenvalue weighted by Gasteiger charge is 2.37. The lowest BCUT2D eigenvalue weighted by Crippen LogP contribution is -2.42. The molecular weight excluding hydrogens is 398 g/mol. The lowest BCUT2D eigenvalue weighted by atomic mass is 10.1. The van der Waals surface area contributed by atoms with Crippen LogP contribution in [0.3, 0.4) is 0 Å². The first-order valence-corrected chi connectivity index (χ1v) is 11.2. The van der Waals surface area contributed by atoms with E-state index in [0.717, 1.165) is 10.6 Å². The molecule has 10 heteroatoms. The molecule has 9 nitrogen and oxygen atoms in total. The van der Waals surface area contributed by atoms with Crippen molar-refractivity contribution in [3.05, 3.63) is 29.8 Å². The van der Waals surface area contributed by atoms with Gasteiger partial charge in [-0.1, -0.05) is 18.2 Å². The monoisotopic (exact) mass is 421 g/mol. The Morgan fingerprint density at radius 3 is 2.66 bits per heavy atom. The summed E-state index contributed by atoms with van der Waals surface area (Å²) in [7, 11) is -3.20. The lowest BCUT2D eigenvalue weighted by Gasteiger charge is -2.27. The van der Waals surface area contributed by atoms with E-state index >= 15 is 0 Å². The minimum atomic E-state index is -3.20. The third kappa shape index (κ3) is 5.00. The van der Waals surface area contributed by atoms with Crippen molar-refractivity contribution in [1.29, 1.82) is 0 Å². The van der Waals surface area contributed by atoms with Crippen LogP contribution in [0, 0.1) is 6.92 Å². The SMILES string of the molecule is Cc1ccccc1NC(=O)[C@@H](C)OC(=O)C1=NN([C@@H]2CCS(=O)(=O)C2)C(=O)CC1. The summed E-state index contributed by atoms with van der Waals surface area (Å²) in [5.74, 6) is -1.78. The first-order valence-electron chi connectivity index (χ1n) is 9.34. The number of esters is 1. The molecule has 1 fully saturated rings. The number of carbonyl (C=O) groups excluding carboxylic acids is 3. The molecule has 0 unspecified atom stereocenters. The number of carbonyl (C=O) groups is 3. The molecule has 0 aromatic heterocycles. The van der Waals surface area contributed by atoms with Crippen molar-refractivity contribution in [3.63, 3.8) is 0 Å². The Labute approximate surface area is 169 Å². The van der Waals surface area contributed by atoms with Gasteiger partial charge in [0.25, 0.3) is 5.91 Å². The summed E-state index contributed by atoms with van der Waals surface area (Å²) >= 11 is 0. The summed E-state index contributed by atoms with van der Waals surface area (Å²) in [4.78, 5) is 36.9. The van der Waals surface area contributed by atoms with Crippen molar-refractivity contribution in [2.75, 3.05) is 16.8 Å². The Morgan fingerprint density at radius 2 is 2.00 bits per heavy atom. The van der Waals surface area contributed by atoms with Crippen LogP contribution >= 0.6 is 0 Å². The number of hydrogen-bond acceptors (Lipinski definition) is 7. The van der Waals surface area contributed by atoms with E-state index in [2.05, 4.69) is 10.4 Å². The van der Waals surface area contributed by atoms with Gasteiger partial charge in [0.1, 0.15) is 5.71 Å². The van der Waals surface area contributed by atoms with Crippen LogP contribution in [0.5, 0.6) is 0 Å². The molecule has 1 aromatic carbocycles. The van der Waals surface area contributed by atoms with Crippen LogP contribution < -0.4 is 5.32 Å². The Kier molecular flexibility index (Phi) is 6.02. The van der Waals surface area contributed by atoms with E-state index in [0.29, 0.717) is 5.69 Å². The summed E-state index contributed by atoms with van der Waals surface area (Å²) in [6.07, 6.45) is -0.661. The largest absolute Gasteiger partial charge is 0.448 e. The average Bonchev–Trinajstić information content (AvgIpc) is 3.03. The summed E-state index contributed by atoms with van der Waals surface area (Å²) in [5.41, 5.74) is 1.50. The molecule has 0 saturated carbocycles. The zero-order valence-corrected chi connectivity index (χ0v) is 17.1. The molecule has 2 heterocycles. The molecule has 1 aromatic rings. The van der Waals surface area contributed by atoms with Crippen LogP contribution in [0.25, 0.3) is 0 Å². The van der Waals surface area contributed by atoms with Crippen molar-refractivity contribution < 1.29 is 27.5 Å². The number of benzene rings is 1. The van der Waals surface area contributed by atoms with Gasteiger partial charge in [-0.3, -0.25) is 9.59 Å². The summed E-state index contributed by atoms with van der Waals surface area (Å²) in [6, 6.07) is 6.64. The predicted octanol–water partition coefficient (Wildman–Crippen LogP) is 1.03. The Hall–Kier alpha value is -2.75. The maximum atomic E-state index is 12.4. The highest BCUT2D eigenvalue weighted by atomic mass is 32.2. The number of para-hydroxylation sites is 1. The molecule has 0 spiro atoms. The van der Waals surface area contributed by atoms with E-state index in [1.54, 1.807) is 12.1 Å². The molecule has 0 radical (unpaired) electrons. The van der Waals surface area contributed by atoms with Gasteiger partial charge in [0.15, 0.2) is 15.9 Å². The van der Waals surface area contributed by atoms with Gasteiger partial charge in [-0.15, -0.1) is 0 Å². The molecule has 2 aliphatic rings. The number of ether oxygens (including phenoxy) is 1. The molecule has 0 aliphatic carbocycles. The molecule has 156 valence electrons. The molecule has 1 saturated heterocycles. The zero-order valence-electron chi connectivity index (χ0n) is 16.3. The van der Waals surface area contributed by atoms with E-state index in [1.165, 1.54) is 6.92 Å². The van der Waals surface area contributed by atoms with Gasteiger partial charge in [-0.25, -0.2) is 18.2 Å². The van der Waals surface area contributed by atoms with Crippen LogP contribution in [0.15, 0.2) is 29.4 Å². The van der Waals surface area contributed by atoms with Gasteiger partial charge < -0.3 is 10.1 Å². The molecule has 2 aliphatic heterocycles. The van der Waals surface area contributed by atoms with Gasteiger partial charge in [0.05, 0.1) is 17.5 Å². The van der Waals surface area contributed by atoms with Crippen LogP contribution in [0.4, 0.5) is 5.69 Å². The normalized spacial score (nSPS) is 22.0. The van der Waals surface area contributed by atoms with Crippen LogP contribution in [0.1, 0.15) is 31.7 Å². The minimum Gasteiger partial charge on any atom is -0.448 e. The van der Waals surface area contributed by atoms with Crippen molar-refractivity contribution in [3.8, 4) is 0 Å². The van der Waals surface area contributed by atoms with Gasteiger partial charge >= 0.3 is 5.97 Å². The fourth-order valence-corrected chi connectivity index (χ4v) is 4.89. The fourth-order valence-electron chi connectivity index (χ4n) is 3.20. The van der Waals surface area contributed by atoms with Crippen LogP contribution in [0.2, 0.25) is 0 Å². The van der Waals surface area contributed by atoms with Crippen molar-refractivity contribution >= 4 is 39.0 Å². The molecule has 0 bridgehead atoms. The lowest BCUT2D eigenvalue weighted by molar-refractivity contribution is -0.147. The second-order valence-electron chi connectivity index (χ2n) is 7.19. The third-order valence-corrected chi connectivity index (χ3v) is 6.66. The quantitative estimate of drug-likeness (QED) is 0.709. The predicted molar refractivity (Wildman–Crippen MR) is 106 cm³/mol. The molecule has 3 rings (SSSR count). The number of aryl methyl sites for hydroxylation is 1. The summed E-state index contributed by atoms with van der Waals surface area (Å²) < 4.78 is 28.6. The van der Waals surface area contributed by atoms with E-state index in [9.17, 15) is 22.8 Å². The van der Waals surface area contributed by atoms with Crippen LogP contribution in [-0.2, 0) is 29.0 Å². The second-order valence-corrected chi connectivity index (χ2v) is 9.42. The van der Waals surface area contributed by atoms with E-state index in [-0.39, 0.29) is 42.4 Å². The fraction of sp³-hybridized carbons (Fsp3) is 0.474. The first kappa shape index (κ1) is 21.0. The first-order chi connectivity index (χ1) is 13.7. The number of nitrogens with one attached hydrogen (secondary N) is 1. The zero-order chi connectivity index (χ0) is 21.2. The number of nitrogens with zero attached hydrogens (tertiary/aromatic N) is 2. The number of sulfone groups is 1. The Bertz CT molecular complexity index is 972. The highest BCUT2D eigenvalue weighted by molar-refractivity contribution is 7.91. The number of anilines is 1. The molecule has 2 atom stereocenters. The maximum absolute atomic E-state index is 12.4. The molecule has 2 amide bonds. The van der Waals surface area contributed by atoms with Gasteiger partial charge in [-0.05, 0) is 31.9 Å². The number of amides is 2. The van der Waals surface area contributed by atoms with E-state index < -0.39 is 33.9 Å². The Balaban J connectivity index is 1.64. The smallest absolute Gasteiger partial charge is 0.355 e. The third-order valence-electron chi connectivity index (χ3n) is 4.91. The highest BCUT2D eigenvalue weighted by Crippen LogP contribution is 2.22. The summed E-state index contributed by atoms with van der Waals surface area (Å²) in [5, 5.41) is 7.84. The number of hydrogen-bond donors (Lipinski definition) is 1. The Morgan fingerprint density at radius 1 is 1.28 bits per heavy atom. The number of rotatable bonds is 5. The average molecular weight is 421 g/mol. The maximum Gasteiger partial charge on any atom is 0.355 e. The minimum absolute atomic E-state index is 0.00411. The molecular formula is C19H23N3O6S. The van der Waals surface area contributed by atoms with Crippen molar-refractivity contribution in [1.82, 2.24) is 5.01 Å². The molecule has 1 N–H and O–H groups in total. The number of hydrazone groups is 1. The van der Waals surface area contributed by atoms with Gasteiger partial charge in [0.2, 0.25) is 5.91 Å². The van der Waals surface area contributed by atoms with Crippen molar-refractivity contribution in [2.45, 2.75) is 45.3 Å². The second kappa shape index (κ2) is 8.32. The van der Waals surface area contributed by atoms with Gasteiger partial charge in [0, 0.05) is 18.5 Å². The topological polar surface area (TPSA) is 122 Å².